The second-order valence-electron chi connectivity index (χ2n) is 7.80. The van der Waals surface area contributed by atoms with E-state index >= 15 is 0 Å². The molecule has 0 aliphatic rings. The smallest absolute Gasteiger partial charge is 0.449 e. The molecule has 8 heteroatoms. The van der Waals surface area contributed by atoms with Gasteiger partial charge in [-0.25, -0.2) is 0 Å². The Kier molecular flexibility index (Phi) is 5.36. The monoisotopic (exact) mass is 420 g/mol. The predicted molar refractivity (Wildman–Crippen MR) is 104 cm³/mol. The predicted octanol–water partition coefficient (Wildman–Crippen LogP) is 5.86. The molecule has 0 saturated heterocycles. The van der Waals surface area contributed by atoms with Gasteiger partial charge in [0.1, 0.15) is 17.1 Å². The Morgan fingerprint density at radius 1 is 1.00 bits per heavy atom. The number of carbonyl (C=O) groups is 1. The van der Waals surface area contributed by atoms with Crippen molar-refractivity contribution in [2.45, 2.75) is 33.9 Å². The van der Waals surface area contributed by atoms with Gasteiger partial charge in [0.15, 0.2) is 0 Å². The molecule has 0 unspecified atom stereocenters. The molecule has 0 atom stereocenters. The molecule has 0 aliphatic heterocycles. The van der Waals surface area contributed by atoms with Crippen LogP contribution in [-0.4, -0.2) is 5.97 Å². The zero-order valence-corrected chi connectivity index (χ0v) is 16.7. The maximum Gasteiger partial charge on any atom is 0.453 e. The number of carbonyl (C=O) groups excluding carboxylic acids is 1. The number of halogens is 3. The van der Waals surface area contributed by atoms with E-state index in [1.54, 1.807) is 39.8 Å². The van der Waals surface area contributed by atoms with Crippen LogP contribution in [0.4, 0.5) is 13.2 Å². The van der Waals surface area contributed by atoms with Crippen LogP contribution < -0.4 is 14.9 Å². The Labute approximate surface area is 170 Å². The van der Waals surface area contributed by atoms with Crippen LogP contribution in [0.2, 0.25) is 0 Å². The van der Waals surface area contributed by atoms with Crippen LogP contribution in [0.15, 0.2) is 51.7 Å². The van der Waals surface area contributed by atoms with Gasteiger partial charge in [-0.05, 0) is 57.5 Å². The van der Waals surface area contributed by atoms with Gasteiger partial charge in [0.05, 0.1) is 10.8 Å². The van der Waals surface area contributed by atoms with Gasteiger partial charge in [-0.2, -0.15) is 13.2 Å². The fourth-order valence-corrected chi connectivity index (χ4v) is 2.56. The number of aryl methyl sites for hydroxylation is 1. The van der Waals surface area contributed by atoms with Gasteiger partial charge in [-0.3, -0.25) is 9.59 Å². The molecule has 0 fully saturated rings. The average molecular weight is 420 g/mol. The molecular weight excluding hydrogens is 401 g/mol. The highest BCUT2D eigenvalue weighted by Gasteiger charge is 2.40. The van der Waals surface area contributed by atoms with Crippen molar-refractivity contribution in [2.75, 3.05) is 0 Å². The topological polar surface area (TPSA) is 65.7 Å². The van der Waals surface area contributed by atoms with E-state index in [1.807, 2.05) is 0 Å². The first-order chi connectivity index (χ1) is 13.9. The van der Waals surface area contributed by atoms with E-state index in [-0.39, 0.29) is 22.5 Å². The largest absolute Gasteiger partial charge is 0.453 e. The number of alkyl halides is 3. The lowest BCUT2D eigenvalue weighted by atomic mass is 9.97. The lowest BCUT2D eigenvalue weighted by Gasteiger charge is -2.17. The van der Waals surface area contributed by atoms with Crippen molar-refractivity contribution in [1.29, 1.82) is 0 Å². The molecule has 158 valence electrons. The molecule has 0 radical (unpaired) electrons. The van der Waals surface area contributed by atoms with Crippen molar-refractivity contribution in [3.05, 3.63) is 64.0 Å². The maximum absolute atomic E-state index is 13.6. The minimum absolute atomic E-state index is 0.0361. The molecule has 0 saturated carbocycles. The third-order valence-electron chi connectivity index (χ3n) is 4.11. The van der Waals surface area contributed by atoms with Gasteiger partial charge in [0.25, 0.3) is 5.76 Å². The molecule has 0 spiro atoms. The summed E-state index contributed by atoms with van der Waals surface area (Å²) < 4.78 is 56.3. The lowest BCUT2D eigenvalue weighted by molar-refractivity contribution is -0.154. The third-order valence-corrected chi connectivity index (χ3v) is 4.11. The number of fused-ring (bicyclic) bond motifs is 1. The number of esters is 1. The standard InChI is InChI=1S/C22H19F3O5/c1-12-6-5-7-13(10-12)28-18-17(26)15-9-8-14(29-20(27)21(2,3)4)11-16(15)30-19(18)22(23,24)25/h5-11H,1-4H3. The van der Waals surface area contributed by atoms with E-state index < -0.39 is 34.5 Å². The van der Waals surface area contributed by atoms with Crippen molar-refractivity contribution < 1.29 is 31.9 Å². The van der Waals surface area contributed by atoms with E-state index in [4.69, 9.17) is 13.9 Å². The number of benzene rings is 2. The number of hydrogen-bond acceptors (Lipinski definition) is 5. The minimum Gasteiger partial charge on any atom is -0.449 e. The van der Waals surface area contributed by atoms with Gasteiger partial charge in [-0.15, -0.1) is 0 Å². The van der Waals surface area contributed by atoms with E-state index in [9.17, 15) is 22.8 Å². The highest BCUT2D eigenvalue weighted by Crippen LogP contribution is 2.38. The Morgan fingerprint density at radius 2 is 1.70 bits per heavy atom. The summed E-state index contributed by atoms with van der Waals surface area (Å²) >= 11 is 0. The van der Waals surface area contributed by atoms with Crippen LogP contribution in [0, 0.1) is 12.3 Å². The van der Waals surface area contributed by atoms with E-state index in [1.165, 1.54) is 24.3 Å². The molecule has 0 bridgehead atoms. The molecule has 5 nitrogen and oxygen atoms in total. The summed E-state index contributed by atoms with van der Waals surface area (Å²) in [6.07, 6.45) is -4.98. The first kappa shape index (κ1) is 21.4. The number of rotatable bonds is 3. The van der Waals surface area contributed by atoms with E-state index in [2.05, 4.69) is 0 Å². The molecule has 0 N–H and O–H groups in total. The Bertz CT molecular complexity index is 1170. The second-order valence-corrected chi connectivity index (χ2v) is 7.80. The fraction of sp³-hybridized carbons (Fsp3) is 0.273. The van der Waals surface area contributed by atoms with Crippen LogP contribution in [0.1, 0.15) is 32.1 Å². The summed E-state index contributed by atoms with van der Waals surface area (Å²) in [5, 5.41) is -0.138. The zero-order chi connectivity index (χ0) is 22.3. The third kappa shape index (κ3) is 4.48. The molecule has 30 heavy (non-hydrogen) atoms. The van der Waals surface area contributed by atoms with Crippen molar-refractivity contribution in [3.63, 3.8) is 0 Å². The molecule has 3 rings (SSSR count). The average Bonchev–Trinajstić information content (AvgIpc) is 2.62. The number of hydrogen-bond donors (Lipinski definition) is 0. The molecule has 1 heterocycles. The quantitative estimate of drug-likeness (QED) is 0.392. The first-order valence-electron chi connectivity index (χ1n) is 9.01. The van der Waals surface area contributed by atoms with Crippen molar-refractivity contribution in [2.24, 2.45) is 5.41 Å². The fourth-order valence-electron chi connectivity index (χ4n) is 2.56. The summed E-state index contributed by atoms with van der Waals surface area (Å²) in [5.41, 5.74) is -1.43. The SMILES string of the molecule is Cc1cccc(Oc2c(C(F)(F)F)oc3cc(OC(=O)C(C)(C)C)ccc3c2=O)c1. The molecule has 2 aromatic carbocycles. The normalized spacial score (nSPS) is 12.1. The van der Waals surface area contributed by atoms with Crippen LogP contribution in [-0.2, 0) is 11.0 Å². The Balaban J connectivity index is 2.13. The van der Waals surface area contributed by atoms with Gasteiger partial charge < -0.3 is 13.9 Å². The molecule has 0 amide bonds. The minimum atomic E-state index is -4.98. The first-order valence-corrected chi connectivity index (χ1v) is 9.01. The van der Waals surface area contributed by atoms with Crippen molar-refractivity contribution in [1.82, 2.24) is 0 Å². The molecule has 1 aromatic heterocycles. The van der Waals surface area contributed by atoms with E-state index in [0.29, 0.717) is 0 Å². The highest BCUT2D eigenvalue weighted by atomic mass is 19.4. The summed E-state index contributed by atoms with van der Waals surface area (Å²) in [4.78, 5) is 24.8. The van der Waals surface area contributed by atoms with Gasteiger partial charge >= 0.3 is 12.1 Å². The lowest BCUT2D eigenvalue weighted by Crippen LogP contribution is -2.25. The summed E-state index contributed by atoms with van der Waals surface area (Å²) in [6, 6.07) is 9.89. The van der Waals surface area contributed by atoms with Crippen LogP contribution >= 0.6 is 0 Å². The maximum atomic E-state index is 13.6. The van der Waals surface area contributed by atoms with Crippen LogP contribution in [0.25, 0.3) is 11.0 Å². The van der Waals surface area contributed by atoms with Crippen LogP contribution in [0.5, 0.6) is 17.2 Å². The summed E-state index contributed by atoms with van der Waals surface area (Å²) in [7, 11) is 0. The Hall–Kier alpha value is -3.29. The molecular formula is C22H19F3O5. The van der Waals surface area contributed by atoms with Crippen molar-refractivity contribution in [3.8, 4) is 17.2 Å². The van der Waals surface area contributed by atoms with Crippen molar-refractivity contribution >= 4 is 16.9 Å². The van der Waals surface area contributed by atoms with Gasteiger partial charge in [-0.1, -0.05) is 12.1 Å². The van der Waals surface area contributed by atoms with Gasteiger partial charge in [0, 0.05) is 6.07 Å². The summed E-state index contributed by atoms with van der Waals surface area (Å²) in [6.45, 7) is 6.63. The van der Waals surface area contributed by atoms with E-state index in [0.717, 1.165) is 11.6 Å². The van der Waals surface area contributed by atoms with Crippen LogP contribution in [0.3, 0.4) is 0 Å². The number of ether oxygens (including phenoxy) is 2. The summed E-state index contributed by atoms with van der Waals surface area (Å²) in [5.74, 6) is -3.07. The molecule has 3 aromatic rings. The van der Waals surface area contributed by atoms with Gasteiger partial charge in [0.2, 0.25) is 11.2 Å². The zero-order valence-electron chi connectivity index (χ0n) is 16.7. The Morgan fingerprint density at radius 3 is 2.30 bits per heavy atom. The highest BCUT2D eigenvalue weighted by molar-refractivity contribution is 5.82. The molecule has 0 aliphatic carbocycles. The second kappa shape index (κ2) is 7.51.